The van der Waals surface area contributed by atoms with Crippen molar-refractivity contribution in [2.24, 2.45) is 5.41 Å². The van der Waals surface area contributed by atoms with Crippen LogP contribution in [-0.2, 0) is 27.2 Å². The van der Waals surface area contributed by atoms with Gasteiger partial charge >= 0.3 is 12.1 Å². The minimum Gasteiger partial charge on any atom is -0.476 e. The van der Waals surface area contributed by atoms with Gasteiger partial charge in [0.15, 0.2) is 11.5 Å². The van der Waals surface area contributed by atoms with Crippen molar-refractivity contribution < 1.29 is 32.2 Å². The SMILES string of the molecule is CCOC(=O)C1(COc2cc(C)c(-c3cnc(-c4nc(C(F)(F)F)cn4COCC[Si](C)(C)C)c(Cl)c3)cn2)CCC1. The molecule has 0 spiro atoms. The van der Waals surface area contributed by atoms with Gasteiger partial charge in [-0.2, -0.15) is 13.2 Å². The second kappa shape index (κ2) is 12.7. The summed E-state index contributed by atoms with van der Waals surface area (Å²) in [5, 5.41) is 0.135. The Morgan fingerprint density at radius 1 is 1.17 bits per heavy atom. The van der Waals surface area contributed by atoms with E-state index in [0.717, 1.165) is 29.8 Å². The maximum absolute atomic E-state index is 13.5. The number of aromatic nitrogens is 4. The van der Waals surface area contributed by atoms with E-state index in [2.05, 4.69) is 34.6 Å². The molecule has 1 aliphatic carbocycles. The number of carbonyl (C=O) groups is 1. The number of pyridine rings is 2. The molecule has 3 heterocycles. The Morgan fingerprint density at radius 2 is 1.90 bits per heavy atom. The Bertz CT molecular complexity index is 1420. The highest BCUT2D eigenvalue weighted by atomic mass is 35.5. The second-order valence-corrected chi connectivity index (χ2v) is 17.8. The number of ether oxygens (including phenoxy) is 3. The Balaban J connectivity index is 1.53. The third-order valence-corrected chi connectivity index (χ3v) is 9.25. The maximum atomic E-state index is 13.5. The fourth-order valence-electron chi connectivity index (χ4n) is 4.55. The van der Waals surface area contributed by atoms with Crippen LogP contribution in [0.15, 0.2) is 30.7 Å². The van der Waals surface area contributed by atoms with Gasteiger partial charge in [0.1, 0.15) is 24.4 Å². The number of imidazole rings is 1. The molecule has 8 nitrogen and oxygen atoms in total. The molecule has 1 saturated carbocycles. The summed E-state index contributed by atoms with van der Waals surface area (Å²) in [7, 11) is -1.37. The van der Waals surface area contributed by atoms with E-state index in [0.29, 0.717) is 37.5 Å². The van der Waals surface area contributed by atoms with Gasteiger partial charge in [-0.1, -0.05) is 37.7 Å². The van der Waals surface area contributed by atoms with Gasteiger partial charge in [0.05, 0.1) is 11.6 Å². The number of aryl methyl sites for hydroxylation is 1. The van der Waals surface area contributed by atoms with Gasteiger partial charge in [-0.15, -0.1) is 0 Å². The molecule has 0 amide bonds. The number of alkyl halides is 3. The topological polar surface area (TPSA) is 88.4 Å². The highest BCUT2D eigenvalue weighted by Gasteiger charge is 2.46. The number of nitrogens with zero attached hydrogens (tertiary/aromatic N) is 4. The lowest BCUT2D eigenvalue weighted by Crippen LogP contribution is -2.44. The molecule has 1 fully saturated rings. The first-order valence-electron chi connectivity index (χ1n) is 13.9. The summed E-state index contributed by atoms with van der Waals surface area (Å²) in [6.45, 7) is 11.1. The summed E-state index contributed by atoms with van der Waals surface area (Å²) < 4.78 is 58.6. The molecular weight excluding hydrogens is 589 g/mol. The van der Waals surface area contributed by atoms with Gasteiger partial charge in [-0.25, -0.2) is 9.97 Å². The molecule has 3 aromatic heterocycles. The Labute approximate surface area is 249 Å². The van der Waals surface area contributed by atoms with Crippen molar-refractivity contribution in [3.8, 4) is 28.5 Å². The molecule has 1 aliphatic rings. The van der Waals surface area contributed by atoms with E-state index in [-0.39, 0.29) is 35.8 Å². The zero-order chi connectivity index (χ0) is 30.7. The number of hydrogen-bond donors (Lipinski definition) is 0. The first-order chi connectivity index (χ1) is 19.7. The molecule has 0 atom stereocenters. The molecule has 0 unspecified atom stereocenters. The molecule has 0 aliphatic heterocycles. The molecule has 13 heteroatoms. The van der Waals surface area contributed by atoms with E-state index in [9.17, 15) is 18.0 Å². The number of esters is 1. The predicted octanol–water partition coefficient (Wildman–Crippen LogP) is 7.41. The predicted molar refractivity (Wildman–Crippen MR) is 156 cm³/mol. The maximum Gasteiger partial charge on any atom is 0.434 e. The smallest absolute Gasteiger partial charge is 0.434 e. The summed E-state index contributed by atoms with van der Waals surface area (Å²) in [6, 6.07) is 4.26. The third-order valence-electron chi connectivity index (χ3n) is 7.26. The number of halogens is 4. The minimum atomic E-state index is -4.63. The van der Waals surface area contributed by atoms with Crippen molar-refractivity contribution in [2.75, 3.05) is 19.8 Å². The fraction of sp³-hybridized carbons (Fsp3) is 0.517. The van der Waals surface area contributed by atoms with Crippen LogP contribution in [0.25, 0.3) is 22.6 Å². The lowest BCUT2D eigenvalue weighted by molar-refractivity contribution is -0.163. The van der Waals surface area contributed by atoms with Crippen molar-refractivity contribution >= 4 is 25.6 Å². The standard InChI is InChI=1S/C29H36ClF3N4O4Si/c1-6-40-27(38)28(8-7-9-28)17-41-24-12-19(2)21(15-34-24)20-13-22(30)25(35-14-20)26-36-23(29(31,32)33)16-37(26)18-39-10-11-42(3,4)5/h12-16H,6-11,17-18H2,1-5H3. The van der Waals surface area contributed by atoms with Crippen molar-refractivity contribution in [3.05, 3.63) is 47.0 Å². The van der Waals surface area contributed by atoms with E-state index in [1.807, 2.05) is 6.92 Å². The van der Waals surface area contributed by atoms with E-state index < -0.39 is 25.4 Å². The zero-order valence-corrected chi connectivity index (χ0v) is 26.2. The summed E-state index contributed by atoms with van der Waals surface area (Å²) in [5.74, 6) is 0.0989. The van der Waals surface area contributed by atoms with Gasteiger partial charge in [0.25, 0.3) is 0 Å². The third kappa shape index (κ3) is 7.51. The van der Waals surface area contributed by atoms with E-state index >= 15 is 0 Å². The Kier molecular flexibility index (Phi) is 9.68. The molecule has 228 valence electrons. The van der Waals surface area contributed by atoms with Gasteiger partial charge in [0, 0.05) is 50.5 Å². The molecule has 0 radical (unpaired) electrons. The highest BCUT2D eigenvalue weighted by Crippen LogP contribution is 2.42. The monoisotopic (exact) mass is 624 g/mol. The van der Waals surface area contributed by atoms with Gasteiger partial charge < -0.3 is 18.8 Å². The molecule has 0 N–H and O–H groups in total. The first-order valence-corrected chi connectivity index (χ1v) is 18.0. The summed E-state index contributed by atoms with van der Waals surface area (Å²) in [4.78, 5) is 25.0. The average Bonchev–Trinajstić information content (AvgIpc) is 3.30. The summed E-state index contributed by atoms with van der Waals surface area (Å²) in [6.07, 6.45) is 1.79. The van der Waals surface area contributed by atoms with Crippen LogP contribution < -0.4 is 4.74 Å². The van der Waals surface area contributed by atoms with Crippen LogP contribution >= 0.6 is 11.6 Å². The largest absolute Gasteiger partial charge is 0.476 e. The highest BCUT2D eigenvalue weighted by molar-refractivity contribution is 6.76. The number of hydrogen-bond acceptors (Lipinski definition) is 7. The molecule has 0 bridgehead atoms. The minimum absolute atomic E-state index is 0.0306. The van der Waals surface area contributed by atoms with Crippen LogP contribution in [0.5, 0.6) is 5.88 Å². The van der Waals surface area contributed by atoms with Crippen LogP contribution in [0.4, 0.5) is 13.2 Å². The van der Waals surface area contributed by atoms with Gasteiger partial charge in [-0.3, -0.25) is 9.78 Å². The van der Waals surface area contributed by atoms with Crippen LogP contribution in [0.1, 0.15) is 37.4 Å². The molecule has 0 saturated heterocycles. The molecule has 3 aromatic rings. The number of rotatable bonds is 12. The van der Waals surface area contributed by atoms with Gasteiger partial charge in [-0.05, 0) is 44.4 Å². The van der Waals surface area contributed by atoms with Crippen LogP contribution in [0, 0.1) is 12.3 Å². The average molecular weight is 625 g/mol. The Hall–Kier alpha value is -2.96. The molecule has 42 heavy (non-hydrogen) atoms. The van der Waals surface area contributed by atoms with E-state index in [1.165, 1.54) is 10.8 Å². The molecule has 4 rings (SSSR count). The Morgan fingerprint density at radius 3 is 2.48 bits per heavy atom. The van der Waals surface area contributed by atoms with E-state index in [1.54, 1.807) is 25.3 Å². The molecular formula is C29H36ClF3N4O4Si. The van der Waals surface area contributed by atoms with Crippen LogP contribution in [0.3, 0.4) is 0 Å². The second-order valence-electron chi connectivity index (χ2n) is 11.8. The van der Waals surface area contributed by atoms with Crippen molar-refractivity contribution in [3.63, 3.8) is 0 Å². The normalized spacial score (nSPS) is 14.9. The lowest BCUT2D eigenvalue weighted by Gasteiger charge is -2.38. The quantitative estimate of drug-likeness (QED) is 0.118. The lowest BCUT2D eigenvalue weighted by atomic mass is 9.69. The van der Waals surface area contributed by atoms with Crippen molar-refractivity contribution in [1.29, 1.82) is 0 Å². The van der Waals surface area contributed by atoms with Crippen molar-refractivity contribution in [2.45, 2.75) is 71.7 Å². The zero-order valence-electron chi connectivity index (χ0n) is 24.5. The summed E-state index contributed by atoms with van der Waals surface area (Å²) in [5.41, 5.74) is 0.606. The van der Waals surface area contributed by atoms with Crippen LogP contribution in [-0.4, -0.2) is 53.4 Å². The van der Waals surface area contributed by atoms with E-state index in [4.69, 9.17) is 25.8 Å². The summed E-state index contributed by atoms with van der Waals surface area (Å²) >= 11 is 6.57. The van der Waals surface area contributed by atoms with Crippen LogP contribution in [0.2, 0.25) is 30.7 Å². The number of carbonyl (C=O) groups excluding carboxylic acids is 1. The van der Waals surface area contributed by atoms with Gasteiger partial charge in [0.2, 0.25) is 5.88 Å². The molecule has 0 aromatic carbocycles. The van der Waals surface area contributed by atoms with Crippen molar-refractivity contribution in [1.82, 2.24) is 19.5 Å². The fourth-order valence-corrected chi connectivity index (χ4v) is 5.56. The first kappa shape index (κ1) is 32.0.